The van der Waals surface area contributed by atoms with Gasteiger partial charge in [0, 0.05) is 13.1 Å². The Balaban J connectivity index is 0.00000324. The van der Waals surface area contributed by atoms with Crippen molar-refractivity contribution < 1.29 is 22.8 Å². The van der Waals surface area contributed by atoms with E-state index in [4.69, 9.17) is 11.5 Å². The van der Waals surface area contributed by atoms with Gasteiger partial charge in [0.1, 0.15) is 0 Å². The maximum absolute atomic E-state index is 12.5. The van der Waals surface area contributed by atoms with Gasteiger partial charge in [0.2, 0.25) is 11.8 Å². The Morgan fingerprint density at radius 1 is 1.37 bits per heavy atom. The number of carbonyl (C=O) groups excluding carboxylic acids is 2. The van der Waals surface area contributed by atoms with Gasteiger partial charge in [0.15, 0.2) is 0 Å². The molecule has 19 heavy (non-hydrogen) atoms. The second-order valence-electron chi connectivity index (χ2n) is 4.44. The molecule has 1 fully saturated rings. The maximum Gasteiger partial charge on any atom is 0.393 e. The van der Waals surface area contributed by atoms with E-state index in [-0.39, 0.29) is 38.2 Å². The van der Waals surface area contributed by atoms with Crippen molar-refractivity contribution in [2.75, 3.05) is 13.1 Å². The van der Waals surface area contributed by atoms with Gasteiger partial charge < -0.3 is 16.4 Å². The predicted molar refractivity (Wildman–Crippen MR) is 64.4 cm³/mol. The molecule has 1 aliphatic heterocycles. The van der Waals surface area contributed by atoms with Gasteiger partial charge in [0.05, 0.1) is 18.4 Å². The lowest BCUT2D eigenvalue weighted by atomic mass is 9.96. The highest BCUT2D eigenvalue weighted by molar-refractivity contribution is 5.87. The highest BCUT2D eigenvalue weighted by Gasteiger charge is 2.43. The van der Waals surface area contributed by atoms with Crippen molar-refractivity contribution >= 4 is 24.2 Å². The molecular weight excluding hydrogens is 287 g/mol. The Labute approximate surface area is 114 Å². The maximum atomic E-state index is 12.5. The molecule has 0 bridgehead atoms. The summed E-state index contributed by atoms with van der Waals surface area (Å²) < 4.78 is 37.6. The van der Waals surface area contributed by atoms with E-state index in [0.717, 1.165) is 4.90 Å². The molecule has 2 atom stereocenters. The zero-order valence-corrected chi connectivity index (χ0v) is 11.0. The van der Waals surface area contributed by atoms with E-state index in [2.05, 4.69) is 0 Å². The summed E-state index contributed by atoms with van der Waals surface area (Å²) in [5.74, 6) is -2.92. The van der Waals surface area contributed by atoms with Crippen LogP contribution in [-0.4, -0.2) is 42.0 Å². The number of nitrogens with zero attached hydrogens (tertiary/aromatic N) is 1. The Kier molecular flexibility index (Phi) is 6.58. The number of amides is 2. The van der Waals surface area contributed by atoms with E-state index in [1.807, 2.05) is 0 Å². The average molecular weight is 304 g/mol. The number of rotatable bonds is 3. The molecule has 0 radical (unpaired) electrons. The van der Waals surface area contributed by atoms with Crippen molar-refractivity contribution in [3.05, 3.63) is 0 Å². The van der Waals surface area contributed by atoms with Gasteiger partial charge in [-0.1, -0.05) is 0 Å². The van der Waals surface area contributed by atoms with Crippen molar-refractivity contribution in [2.24, 2.45) is 17.4 Å². The molecule has 9 heteroatoms. The lowest BCUT2D eigenvalue weighted by molar-refractivity contribution is -0.188. The van der Waals surface area contributed by atoms with Crippen LogP contribution in [0, 0.1) is 5.92 Å². The molecule has 1 heterocycles. The highest BCUT2D eigenvalue weighted by atomic mass is 35.5. The van der Waals surface area contributed by atoms with Crippen LogP contribution in [0.3, 0.4) is 0 Å². The molecule has 1 aliphatic rings. The molecule has 4 N–H and O–H groups in total. The summed E-state index contributed by atoms with van der Waals surface area (Å²) in [5.41, 5.74) is 10.3. The fourth-order valence-electron chi connectivity index (χ4n) is 1.98. The van der Waals surface area contributed by atoms with Crippen LogP contribution < -0.4 is 11.5 Å². The highest BCUT2D eigenvalue weighted by Crippen LogP contribution is 2.33. The lowest BCUT2D eigenvalue weighted by Gasteiger charge is -2.34. The van der Waals surface area contributed by atoms with Crippen LogP contribution in [0.25, 0.3) is 0 Å². The third kappa shape index (κ3) is 5.23. The molecule has 0 saturated carbocycles. The van der Waals surface area contributed by atoms with Crippen LogP contribution in [-0.2, 0) is 9.59 Å². The Hall–Kier alpha value is -1.02. The number of piperidine rings is 1. The normalized spacial score (nSPS) is 21.5. The summed E-state index contributed by atoms with van der Waals surface area (Å²) in [4.78, 5) is 23.4. The van der Waals surface area contributed by atoms with E-state index in [1.165, 1.54) is 0 Å². The Bertz CT molecular complexity index is 338. The smallest absolute Gasteiger partial charge is 0.370 e. The molecular formula is C10H17ClF3N3O2. The number of nitrogens with two attached hydrogens (primary N) is 2. The number of hydrogen-bond donors (Lipinski definition) is 2. The standard InChI is InChI=1S/C10H16F3N3O2.ClH/c11-10(12,13)6-2-1-3-16(5-6)9(18)7(14)4-8(15)17;/h6-7H,1-5,14H2,(H2,15,17);1H. The molecule has 0 aliphatic carbocycles. The van der Waals surface area contributed by atoms with Gasteiger partial charge >= 0.3 is 6.18 Å². The molecule has 2 amide bonds. The molecule has 5 nitrogen and oxygen atoms in total. The number of alkyl halides is 3. The van der Waals surface area contributed by atoms with Gasteiger partial charge in [-0.25, -0.2) is 0 Å². The summed E-state index contributed by atoms with van der Waals surface area (Å²) in [7, 11) is 0. The van der Waals surface area contributed by atoms with Crippen LogP contribution in [0.4, 0.5) is 13.2 Å². The molecule has 1 saturated heterocycles. The second kappa shape index (κ2) is 6.95. The van der Waals surface area contributed by atoms with Crippen LogP contribution in [0.2, 0.25) is 0 Å². The minimum Gasteiger partial charge on any atom is -0.370 e. The summed E-state index contributed by atoms with van der Waals surface area (Å²) in [6.45, 7) is -0.160. The molecule has 0 aromatic heterocycles. The van der Waals surface area contributed by atoms with E-state index in [0.29, 0.717) is 0 Å². The van der Waals surface area contributed by atoms with Crippen LogP contribution in [0.1, 0.15) is 19.3 Å². The van der Waals surface area contributed by atoms with Gasteiger partial charge in [-0.3, -0.25) is 9.59 Å². The Morgan fingerprint density at radius 3 is 2.42 bits per heavy atom. The predicted octanol–water partition coefficient (Wildman–Crippen LogP) is 0.412. The Morgan fingerprint density at radius 2 is 1.95 bits per heavy atom. The van der Waals surface area contributed by atoms with Gasteiger partial charge in [-0.15, -0.1) is 12.4 Å². The monoisotopic (exact) mass is 303 g/mol. The number of halogens is 4. The van der Waals surface area contributed by atoms with Crippen molar-refractivity contribution in [1.82, 2.24) is 4.90 Å². The molecule has 0 aromatic rings. The summed E-state index contributed by atoms with van der Waals surface area (Å²) in [5, 5.41) is 0. The number of likely N-dealkylation sites (tertiary alicyclic amines) is 1. The SMILES string of the molecule is Cl.NC(=O)CC(N)C(=O)N1CCCC(C(F)(F)F)C1. The number of hydrogen-bond acceptors (Lipinski definition) is 3. The second-order valence-corrected chi connectivity index (χ2v) is 4.44. The first-order valence-corrected chi connectivity index (χ1v) is 5.61. The lowest BCUT2D eigenvalue weighted by Crippen LogP contribution is -2.51. The van der Waals surface area contributed by atoms with Crippen molar-refractivity contribution in [1.29, 1.82) is 0 Å². The third-order valence-corrected chi connectivity index (χ3v) is 2.93. The molecule has 2 unspecified atom stereocenters. The first-order valence-electron chi connectivity index (χ1n) is 5.61. The number of primary amides is 1. The van der Waals surface area contributed by atoms with Crippen LogP contribution in [0.15, 0.2) is 0 Å². The molecule has 0 aromatic carbocycles. The summed E-state index contributed by atoms with van der Waals surface area (Å²) >= 11 is 0. The minimum atomic E-state index is -4.31. The van der Waals surface area contributed by atoms with E-state index in [1.54, 1.807) is 0 Å². The van der Waals surface area contributed by atoms with Crippen molar-refractivity contribution in [2.45, 2.75) is 31.5 Å². The quantitative estimate of drug-likeness (QED) is 0.791. The fraction of sp³-hybridized carbons (Fsp3) is 0.800. The molecule has 112 valence electrons. The van der Waals surface area contributed by atoms with Gasteiger partial charge in [-0.2, -0.15) is 13.2 Å². The van der Waals surface area contributed by atoms with E-state index < -0.39 is 36.5 Å². The first-order chi connectivity index (χ1) is 8.21. The van der Waals surface area contributed by atoms with E-state index >= 15 is 0 Å². The van der Waals surface area contributed by atoms with E-state index in [9.17, 15) is 22.8 Å². The fourth-order valence-corrected chi connectivity index (χ4v) is 1.98. The van der Waals surface area contributed by atoms with Gasteiger partial charge in [-0.05, 0) is 12.8 Å². The number of carbonyl (C=O) groups is 2. The summed E-state index contributed by atoms with van der Waals surface area (Å²) in [6, 6.07) is -1.16. The molecule has 1 rings (SSSR count). The zero-order valence-electron chi connectivity index (χ0n) is 10.2. The molecule has 0 spiro atoms. The average Bonchev–Trinajstić information content (AvgIpc) is 2.26. The summed E-state index contributed by atoms with van der Waals surface area (Å²) in [6.07, 6.45) is -4.38. The third-order valence-electron chi connectivity index (χ3n) is 2.93. The minimum absolute atomic E-state index is 0. The zero-order chi connectivity index (χ0) is 13.9. The van der Waals surface area contributed by atoms with Gasteiger partial charge in [0.25, 0.3) is 0 Å². The largest absolute Gasteiger partial charge is 0.393 e. The van der Waals surface area contributed by atoms with Crippen LogP contribution >= 0.6 is 12.4 Å². The van der Waals surface area contributed by atoms with Crippen molar-refractivity contribution in [3.8, 4) is 0 Å². The van der Waals surface area contributed by atoms with Crippen molar-refractivity contribution in [3.63, 3.8) is 0 Å². The topological polar surface area (TPSA) is 89.4 Å². The van der Waals surface area contributed by atoms with Crippen LogP contribution in [0.5, 0.6) is 0 Å². The first kappa shape index (κ1) is 18.0.